The van der Waals surface area contributed by atoms with Crippen LogP contribution in [0.25, 0.3) is 0 Å². The molecule has 1 aromatic heterocycles. The summed E-state index contributed by atoms with van der Waals surface area (Å²) in [5.74, 6) is 0.357. The smallest absolute Gasteiger partial charge is 0.320 e. The van der Waals surface area contributed by atoms with Gasteiger partial charge in [-0.1, -0.05) is 12.1 Å². The molecule has 3 aromatic rings. The first-order valence-electron chi connectivity index (χ1n) is 12.9. The number of aromatic nitrogens is 3. The molecule has 0 radical (unpaired) electrons. The van der Waals surface area contributed by atoms with Crippen LogP contribution in [-0.4, -0.2) is 31.6 Å². The lowest BCUT2D eigenvalue weighted by Crippen LogP contribution is -2.47. The molecule has 0 atom stereocenters. The number of nitrogens with one attached hydrogen (secondary N) is 1. The molecule has 0 saturated heterocycles. The molecular weight excluding hydrogens is 550 g/mol. The fourth-order valence-corrected chi connectivity index (χ4v) is 6.69. The van der Waals surface area contributed by atoms with Crippen molar-refractivity contribution >= 4 is 35.6 Å². The molecule has 2 aliphatic carbocycles. The number of benzene rings is 2. The molecule has 0 unspecified atom stereocenters. The molecule has 2 saturated carbocycles. The molecule has 3 aliphatic rings. The van der Waals surface area contributed by atoms with E-state index in [1.54, 1.807) is 18.5 Å². The fraction of sp³-hybridized carbons (Fsp3) is 0.464. The summed E-state index contributed by atoms with van der Waals surface area (Å²) in [6, 6.07) is 10.3. The van der Waals surface area contributed by atoms with Gasteiger partial charge in [-0.2, -0.15) is 13.2 Å². The number of aryl methyl sites for hydroxylation is 1. The van der Waals surface area contributed by atoms with Crippen LogP contribution >= 0.6 is 24.0 Å². The normalized spacial score (nSPS) is 23.6. The predicted octanol–water partition coefficient (Wildman–Crippen LogP) is 6.14. The number of carbonyl (C=O) groups excluding carboxylic acids is 1. The molecule has 11 heteroatoms. The molecule has 0 spiro atoms. The summed E-state index contributed by atoms with van der Waals surface area (Å²) in [4.78, 5) is 15.0. The monoisotopic (exact) mass is 579 g/mol. The highest BCUT2D eigenvalue weighted by Gasteiger charge is 2.50. The van der Waals surface area contributed by atoms with Crippen molar-refractivity contribution < 1.29 is 18.0 Å². The number of anilines is 1. The van der Waals surface area contributed by atoms with Gasteiger partial charge in [0, 0.05) is 35.8 Å². The van der Waals surface area contributed by atoms with Crippen LogP contribution in [0.15, 0.2) is 42.7 Å². The highest BCUT2D eigenvalue weighted by atomic mass is 35.5. The van der Waals surface area contributed by atoms with Crippen LogP contribution < -0.4 is 10.2 Å². The summed E-state index contributed by atoms with van der Waals surface area (Å²) in [7, 11) is 1.87. The number of hydrogen-bond acceptors (Lipinski definition) is 4. The van der Waals surface area contributed by atoms with Crippen LogP contribution in [0.4, 0.5) is 18.9 Å². The number of hydrogen-bond donors (Lipinski definition) is 1. The zero-order valence-electron chi connectivity index (χ0n) is 21.7. The van der Waals surface area contributed by atoms with Gasteiger partial charge in [0.05, 0.1) is 17.5 Å². The number of carbonyl (C=O) groups is 1. The standard InChI is InChI=1S/C28H29ClF3N5O.ClH/c1-26(7-4-8-26)33-14-17-9-21-22(23(10-17)28(30,31)32)15-37(24(21)38)20-6-3-5-18(11-20)27(12-19(29)13-27)25-35-34-16-36(25)2;/h3,5-6,9-11,16,19,33H,4,7-8,12-15H2,1-2H3;1H/t19-,27-;. The van der Waals surface area contributed by atoms with E-state index in [4.69, 9.17) is 11.6 Å². The number of nitrogens with zero attached hydrogens (tertiary/aromatic N) is 4. The van der Waals surface area contributed by atoms with Crippen LogP contribution in [0.3, 0.4) is 0 Å². The van der Waals surface area contributed by atoms with Crippen LogP contribution in [0.5, 0.6) is 0 Å². The largest absolute Gasteiger partial charge is 0.416 e. The summed E-state index contributed by atoms with van der Waals surface area (Å²) in [5.41, 5.74) is 0.827. The molecule has 208 valence electrons. The predicted molar refractivity (Wildman–Crippen MR) is 145 cm³/mol. The molecule has 2 fully saturated rings. The van der Waals surface area contributed by atoms with Gasteiger partial charge in [-0.25, -0.2) is 0 Å². The van der Waals surface area contributed by atoms with E-state index in [0.717, 1.165) is 30.7 Å². The first-order chi connectivity index (χ1) is 18.0. The SMILES string of the molecule is Cl.Cn1cnnc1[C@]1(c2cccc(N3Cc4c(cc(CNC5(C)CCC5)cc4C(F)(F)F)C3=O)c2)C[C@@H](Cl)C1. The van der Waals surface area contributed by atoms with Gasteiger partial charge in [0.25, 0.3) is 5.91 Å². The second-order valence-electron chi connectivity index (χ2n) is 11.2. The summed E-state index contributed by atoms with van der Waals surface area (Å²) in [5, 5.41) is 11.7. The van der Waals surface area contributed by atoms with Gasteiger partial charge in [-0.15, -0.1) is 34.2 Å². The van der Waals surface area contributed by atoms with E-state index >= 15 is 0 Å². The third kappa shape index (κ3) is 4.72. The van der Waals surface area contributed by atoms with Crippen LogP contribution in [0, 0.1) is 0 Å². The fourth-order valence-electron chi connectivity index (χ4n) is 6.16. The number of rotatable bonds is 6. The van der Waals surface area contributed by atoms with Crippen molar-refractivity contribution in [2.45, 2.75) is 74.6 Å². The summed E-state index contributed by atoms with van der Waals surface area (Å²) in [6.45, 7) is 2.24. The Labute approximate surface area is 236 Å². The Morgan fingerprint density at radius 1 is 1.18 bits per heavy atom. The molecule has 2 aromatic carbocycles. The first kappa shape index (κ1) is 27.9. The second-order valence-corrected chi connectivity index (χ2v) is 11.8. The second kappa shape index (κ2) is 9.78. The Balaban J connectivity index is 0.00000308. The highest BCUT2D eigenvalue weighted by Crippen LogP contribution is 2.51. The maximum Gasteiger partial charge on any atom is 0.416 e. The van der Waals surface area contributed by atoms with E-state index in [-0.39, 0.29) is 47.5 Å². The minimum absolute atomic E-state index is 0. The van der Waals surface area contributed by atoms with Crippen molar-refractivity contribution in [1.29, 1.82) is 0 Å². The molecule has 1 aliphatic heterocycles. The third-order valence-electron chi connectivity index (χ3n) is 8.57. The Kier molecular flexibility index (Phi) is 7.01. The van der Waals surface area contributed by atoms with Gasteiger partial charge in [-0.3, -0.25) is 4.79 Å². The van der Waals surface area contributed by atoms with Gasteiger partial charge >= 0.3 is 6.18 Å². The topological polar surface area (TPSA) is 63.1 Å². The zero-order chi connectivity index (χ0) is 26.9. The average molecular weight is 580 g/mol. The Hall–Kier alpha value is -2.62. The maximum atomic E-state index is 14.2. The third-order valence-corrected chi connectivity index (χ3v) is 8.88. The molecule has 1 N–H and O–H groups in total. The Morgan fingerprint density at radius 2 is 1.92 bits per heavy atom. The van der Waals surface area contributed by atoms with Gasteiger partial charge in [0.15, 0.2) is 0 Å². The number of amides is 1. The summed E-state index contributed by atoms with van der Waals surface area (Å²) >= 11 is 6.41. The number of alkyl halides is 4. The minimum Gasteiger partial charge on any atom is -0.320 e. The van der Waals surface area contributed by atoms with E-state index in [9.17, 15) is 18.0 Å². The molecule has 6 nitrogen and oxygen atoms in total. The van der Waals surface area contributed by atoms with Crippen LogP contribution in [0.2, 0.25) is 0 Å². The van der Waals surface area contributed by atoms with Crippen molar-refractivity contribution in [3.63, 3.8) is 0 Å². The van der Waals surface area contributed by atoms with Crippen molar-refractivity contribution in [2.75, 3.05) is 4.90 Å². The van der Waals surface area contributed by atoms with E-state index in [1.807, 2.05) is 29.8 Å². The van der Waals surface area contributed by atoms with Crippen LogP contribution in [0.1, 0.15) is 77.5 Å². The Bertz CT molecular complexity index is 1410. The van der Waals surface area contributed by atoms with Crippen molar-refractivity contribution in [3.05, 3.63) is 76.4 Å². The average Bonchev–Trinajstić information content (AvgIpc) is 3.41. The van der Waals surface area contributed by atoms with Gasteiger partial charge in [0.2, 0.25) is 0 Å². The molecular formula is C28H30Cl2F3N5O. The Morgan fingerprint density at radius 3 is 2.51 bits per heavy atom. The lowest BCUT2D eigenvalue weighted by atomic mass is 9.63. The van der Waals surface area contributed by atoms with Crippen molar-refractivity contribution in [2.24, 2.45) is 7.05 Å². The summed E-state index contributed by atoms with van der Waals surface area (Å²) in [6.07, 6.45) is 1.49. The van der Waals surface area contributed by atoms with Gasteiger partial charge in [0.1, 0.15) is 12.2 Å². The zero-order valence-corrected chi connectivity index (χ0v) is 23.3. The summed E-state index contributed by atoms with van der Waals surface area (Å²) < 4.78 is 44.3. The van der Waals surface area contributed by atoms with Crippen molar-refractivity contribution in [1.82, 2.24) is 20.1 Å². The molecule has 0 bridgehead atoms. The molecule has 2 heterocycles. The van der Waals surface area contributed by atoms with E-state index in [0.29, 0.717) is 24.1 Å². The minimum atomic E-state index is -4.56. The lowest BCUT2D eigenvalue weighted by molar-refractivity contribution is -0.138. The molecule has 39 heavy (non-hydrogen) atoms. The lowest BCUT2D eigenvalue weighted by Gasteiger charge is -2.44. The van der Waals surface area contributed by atoms with E-state index in [1.165, 1.54) is 11.0 Å². The quantitative estimate of drug-likeness (QED) is 0.356. The van der Waals surface area contributed by atoms with Gasteiger partial charge in [-0.05, 0) is 80.0 Å². The first-order valence-corrected chi connectivity index (χ1v) is 13.3. The molecule has 6 rings (SSSR count). The van der Waals surface area contributed by atoms with E-state index in [2.05, 4.69) is 22.4 Å². The highest BCUT2D eigenvalue weighted by molar-refractivity contribution is 6.21. The maximum absolute atomic E-state index is 14.2. The van der Waals surface area contributed by atoms with Crippen LogP contribution in [-0.2, 0) is 31.7 Å². The number of halogens is 5. The van der Waals surface area contributed by atoms with E-state index < -0.39 is 23.1 Å². The number of fused-ring (bicyclic) bond motifs is 1. The van der Waals surface area contributed by atoms with Crippen molar-refractivity contribution in [3.8, 4) is 0 Å². The molecule has 1 amide bonds. The van der Waals surface area contributed by atoms with Gasteiger partial charge < -0.3 is 14.8 Å².